The molecule has 0 saturated carbocycles. The molecule has 10 heteroatoms. The minimum Gasteiger partial charge on any atom is -0.497 e. The molecule has 0 aliphatic heterocycles. The topological polar surface area (TPSA) is 132 Å². The summed E-state index contributed by atoms with van der Waals surface area (Å²) in [5.74, 6) is 0.666. The minimum absolute atomic E-state index is 0.0304. The molecule has 0 unspecified atom stereocenters. The van der Waals surface area contributed by atoms with Crippen LogP contribution in [0.15, 0.2) is 77.9 Å². The maximum Gasteiger partial charge on any atom is 0.269 e. The quantitative estimate of drug-likeness (QED) is 0.247. The van der Waals surface area contributed by atoms with Crippen LogP contribution in [0.1, 0.15) is 27.9 Å². The predicted octanol–water partition coefficient (Wildman–Crippen LogP) is 3.45. The summed E-state index contributed by atoms with van der Waals surface area (Å²) < 4.78 is 10.7. The summed E-state index contributed by atoms with van der Waals surface area (Å²) in [6.45, 7) is 0.448. The summed E-state index contributed by atoms with van der Waals surface area (Å²) in [4.78, 5) is 34.2. The van der Waals surface area contributed by atoms with E-state index in [0.717, 1.165) is 11.1 Å². The third-order valence-electron chi connectivity index (χ3n) is 4.83. The number of amides is 2. The molecular weight excluding hydrogens is 452 g/mol. The van der Waals surface area contributed by atoms with Gasteiger partial charge in [0.1, 0.15) is 18.1 Å². The van der Waals surface area contributed by atoms with Crippen molar-refractivity contribution in [1.82, 2.24) is 10.7 Å². The lowest BCUT2D eigenvalue weighted by Crippen LogP contribution is -2.29. The Hall–Kier alpha value is -4.73. The van der Waals surface area contributed by atoms with Gasteiger partial charge >= 0.3 is 0 Å². The number of carbonyl (C=O) groups is 2. The van der Waals surface area contributed by atoms with E-state index in [4.69, 9.17) is 9.47 Å². The number of nitro benzene ring substituents is 1. The van der Waals surface area contributed by atoms with Gasteiger partial charge in [0.05, 0.1) is 18.2 Å². The molecule has 0 aromatic heterocycles. The van der Waals surface area contributed by atoms with Crippen molar-refractivity contribution in [3.8, 4) is 11.5 Å². The number of ether oxygens (including phenoxy) is 2. The largest absolute Gasteiger partial charge is 0.497 e. The fourth-order valence-electron chi connectivity index (χ4n) is 2.90. The maximum atomic E-state index is 12.1. The first-order chi connectivity index (χ1) is 16.9. The van der Waals surface area contributed by atoms with Gasteiger partial charge in [0.25, 0.3) is 11.6 Å². The van der Waals surface area contributed by atoms with Crippen LogP contribution >= 0.6 is 0 Å². The van der Waals surface area contributed by atoms with Crippen LogP contribution in [0.4, 0.5) is 5.69 Å². The van der Waals surface area contributed by atoms with Gasteiger partial charge in [-0.05, 0) is 71.8 Å². The van der Waals surface area contributed by atoms with E-state index in [1.54, 1.807) is 67.8 Å². The summed E-state index contributed by atoms with van der Waals surface area (Å²) >= 11 is 0. The summed E-state index contributed by atoms with van der Waals surface area (Å²) in [6.07, 6.45) is 1.57. The Morgan fingerprint density at radius 3 is 2.26 bits per heavy atom. The lowest BCUT2D eigenvalue weighted by molar-refractivity contribution is -0.384. The Kier molecular flexibility index (Phi) is 8.89. The SMILES string of the molecule is COc1ccc(C(=O)NCCC(=O)NN=Cc2ccc(OCc3ccc([N+](=O)[O-])cc3)cc2)cc1. The van der Waals surface area contributed by atoms with Crippen LogP contribution in [-0.4, -0.2) is 36.6 Å². The van der Waals surface area contributed by atoms with E-state index in [0.29, 0.717) is 17.1 Å². The molecule has 10 nitrogen and oxygen atoms in total. The van der Waals surface area contributed by atoms with Gasteiger partial charge in [-0.15, -0.1) is 0 Å². The van der Waals surface area contributed by atoms with Crippen molar-refractivity contribution in [2.75, 3.05) is 13.7 Å². The molecule has 0 aliphatic carbocycles. The van der Waals surface area contributed by atoms with Crippen molar-refractivity contribution in [3.63, 3.8) is 0 Å². The van der Waals surface area contributed by atoms with Crippen molar-refractivity contribution in [2.24, 2.45) is 5.10 Å². The van der Waals surface area contributed by atoms with E-state index in [1.165, 1.54) is 18.3 Å². The molecule has 0 aliphatic rings. The monoisotopic (exact) mass is 476 g/mol. The lowest BCUT2D eigenvalue weighted by Gasteiger charge is -2.06. The maximum absolute atomic E-state index is 12.1. The second kappa shape index (κ2) is 12.5. The van der Waals surface area contributed by atoms with Crippen LogP contribution in [0.5, 0.6) is 11.5 Å². The number of benzene rings is 3. The molecular formula is C25H24N4O6. The molecule has 0 spiro atoms. The molecule has 0 saturated heterocycles. The van der Waals surface area contributed by atoms with Crippen LogP contribution in [-0.2, 0) is 11.4 Å². The fraction of sp³-hybridized carbons (Fsp3) is 0.160. The molecule has 35 heavy (non-hydrogen) atoms. The van der Waals surface area contributed by atoms with Gasteiger partial charge in [0.2, 0.25) is 5.91 Å². The predicted molar refractivity (Wildman–Crippen MR) is 130 cm³/mol. The van der Waals surface area contributed by atoms with Gasteiger partial charge in [0.15, 0.2) is 0 Å². The van der Waals surface area contributed by atoms with Gasteiger partial charge in [-0.3, -0.25) is 19.7 Å². The van der Waals surface area contributed by atoms with Crippen LogP contribution in [0, 0.1) is 10.1 Å². The average molecular weight is 476 g/mol. The Labute approximate surface area is 201 Å². The molecule has 3 rings (SSSR count). The Morgan fingerprint density at radius 2 is 1.63 bits per heavy atom. The van der Waals surface area contributed by atoms with Crippen LogP contribution < -0.4 is 20.2 Å². The molecule has 180 valence electrons. The van der Waals surface area contributed by atoms with E-state index < -0.39 is 4.92 Å². The van der Waals surface area contributed by atoms with Crippen molar-refractivity contribution < 1.29 is 24.0 Å². The zero-order valence-electron chi connectivity index (χ0n) is 19.0. The Morgan fingerprint density at radius 1 is 0.971 bits per heavy atom. The van der Waals surface area contributed by atoms with Crippen molar-refractivity contribution >= 4 is 23.7 Å². The van der Waals surface area contributed by atoms with E-state index in [1.807, 2.05) is 0 Å². The van der Waals surface area contributed by atoms with Gasteiger partial charge in [-0.2, -0.15) is 5.10 Å². The second-order valence-electron chi connectivity index (χ2n) is 7.31. The van der Waals surface area contributed by atoms with E-state index in [-0.39, 0.29) is 37.1 Å². The minimum atomic E-state index is -0.449. The molecule has 3 aromatic rings. The molecule has 3 aromatic carbocycles. The molecule has 0 radical (unpaired) electrons. The smallest absolute Gasteiger partial charge is 0.269 e. The number of methoxy groups -OCH3 is 1. The number of hydrazone groups is 1. The van der Waals surface area contributed by atoms with Gasteiger partial charge < -0.3 is 14.8 Å². The van der Waals surface area contributed by atoms with Crippen LogP contribution in [0.25, 0.3) is 0 Å². The normalized spacial score (nSPS) is 10.5. The Balaban J connectivity index is 1.36. The standard InChI is InChI=1S/C25H24N4O6/c1-34-22-12-6-20(7-13-22)25(31)26-15-14-24(30)28-27-16-18-4-10-23(11-5-18)35-17-19-2-8-21(9-3-19)29(32)33/h2-13,16H,14-15,17H2,1H3,(H,26,31)(H,28,30). The fourth-order valence-corrected chi connectivity index (χ4v) is 2.90. The first kappa shape index (κ1) is 24.9. The van der Waals surface area contributed by atoms with Crippen LogP contribution in [0.2, 0.25) is 0 Å². The van der Waals surface area contributed by atoms with E-state index in [9.17, 15) is 19.7 Å². The van der Waals surface area contributed by atoms with Gasteiger partial charge in [-0.1, -0.05) is 0 Å². The number of hydrogen-bond acceptors (Lipinski definition) is 7. The summed E-state index contributed by atoms with van der Waals surface area (Å²) in [5, 5.41) is 17.3. The summed E-state index contributed by atoms with van der Waals surface area (Å²) in [6, 6.07) is 19.9. The van der Waals surface area contributed by atoms with Crippen molar-refractivity contribution in [1.29, 1.82) is 0 Å². The molecule has 0 atom stereocenters. The molecule has 0 heterocycles. The van der Waals surface area contributed by atoms with Crippen LogP contribution in [0.3, 0.4) is 0 Å². The number of nitro groups is 1. The third-order valence-corrected chi connectivity index (χ3v) is 4.83. The highest BCUT2D eigenvalue weighted by Crippen LogP contribution is 2.16. The van der Waals surface area contributed by atoms with Gasteiger partial charge in [-0.25, -0.2) is 5.43 Å². The number of carbonyl (C=O) groups excluding carboxylic acids is 2. The third kappa shape index (κ3) is 7.97. The molecule has 2 amide bonds. The highest BCUT2D eigenvalue weighted by molar-refractivity contribution is 5.94. The average Bonchev–Trinajstić information content (AvgIpc) is 2.88. The van der Waals surface area contributed by atoms with Crippen molar-refractivity contribution in [3.05, 3.63) is 99.6 Å². The Bertz CT molecular complexity index is 1180. The van der Waals surface area contributed by atoms with Gasteiger partial charge in [0, 0.05) is 30.7 Å². The number of nitrogens with zero attached hydrogens (tertiary/aromatic N) is 2. The number of non-ortho nitro benzene ring substituents is 1. The molecule has 0 bridgehead atoms. The zero-order valence-corrected chi connectivity index (χ0v) is 19.0. The van der Waals surface area contributed by atoms with Crippen molar-refractivity contribution in [2.45, 2.75) is 13.0 Å². The highest BCUT2D eigenvalue weighted by atomic mass is 16.6. The molecule has 0 fully saturated rings. The number of rotatable bonds is 11. The van der Waals surface area contributed by atoms with E-state index in [2.05, 4.69) is 15.8 Å². The lowest BCUT2D eigenvalue weighted by atomic mass is 10.2. The highest BCUT2D eigenvalue weighted by Gasteiger charge is 2.07. The molecule has 2 N–H and O–H groups in total. The second-order valence-corrected chi connectivity index (χ2v) is 7.31. The first-order valence-electron chi connectivity index (χ1n) is 10.6. The summed E-state index contributed by atoms with van der Waals surface area (Å²) in [7, 11) is 1.55. The number of hydrogen-bond donors (Lipinski definition) is 2. The first-order valence-corrected chi connectivity index (χ1v) is 10.6. The number of nitrogens with one attached hydrogen (secondary N) is 2. The zero-order chi connectivity index (χ0) is 25.0. The van der Waals surface area contributed by atoms with E-state index >= 15 is 0 Å². The summed E-state index contributed by atoms with van der Waals surface area (Å²) in [5.41, 5.74) is 4.48.